The molecular weight excluding hydrogens is 390 g/mol. The number of nitrogens with zero attached hydrogens (tertiary/aromatic N) is 1. The largest absolute Gasteiger partial charge is 0.364 e. The van der Waals surface area contributed by atoms with Gasteiger partial charge in [0.2, 0.25) is 0 Å². The predicted octanol–water partition coefficient (Wildman–Crippen LogP) is 1.93. The third-order valence-electron chi connectivity index (χ3n) is 3.58. The summed E-state index contributed by atoms with van der Waals surface area (Å²) in [6.45, 7) is 1.64. The van der Waals surface area contributed by atoms with E-state index >= 15 is 0 Å². The lowest BCUT2D eigenvalue weighted by Gasteiger charge is -2.08. The number of nitrogens with two attached hydrogens (primary N) is 1. The average Bonchev–Trinajstić information content (AvgIpc) is 3.26. The van der Waals surface area contributed by atoms with E-state index in [2.05, 4.69) is 20.2 Å². The van der Waals surface area contributed by atoms with Crippen molar-refractivity contribution in [3.05, 3.63) is 58.7 Å². The molecule has 9 nitrogen and oxygen atoms in total. The Kier molecular flexibility index (Phi) is 4.97. The number of hydrogen-bond donors (Lipinski definition) is 4. The number of sulfonamides is 1. The molecule has 0 saturated heterocycles. The first-order chi connectivity index (χ1) is 12.8. The number of primary amides is 1. The highest BCUT2D eigenvalue weighted by Crippen LogP contribution is 2.21. The van der Waals surface area contributed by atoms with Crippen molar-refractivity contribution < 1.29 is 18.0 Å². The molecule has 2 aromatic heterocycles. The zero-order chi connectivity index (χ0) is 19.6. The molecule has 0 fully saturated rings. The minimum Gasteiger partial charge on any atom is -0.364 e. The van der Waals surface area contributed by atoms with Gasteiger partial charge in [-0.15, -0.1) is 11.3 Å². The molecule has 2 amide bonds. The molecule has 0 radical (unpaired) electrons. The van der Waals surface area contributed by atoms with Gasteiger partial charge >= 0.3 is 0 Å². The van der Waals surface area contributed by atoms with Crippen molar-refractivity contribution in [3.8, 4) is 0 Å². The second-order valence-corrected chi connectivity index (χ2v) is 8.36. The van der Waals surface area contributed by atoms with Gasteiger partial charge in [0.15, 0.2) is 5.69 Å². The average molecular weight is 405 g/mol. The van der Waals surface area contributed by atoms with Crippen LogP contribution in [0.25, 0.3) is 0 Å². The second kappa shape index (κ2) is 7.21. The van der Waals surface area contributed by atoms with Gasteiger partial charge in [-0.2, -0.15) is 5.10 Å². The van der Waals surface area contributed by atoms with E-state index in [0.29, 0.717) is 11.4 Å². The molecule has 1 aromatic carbocycles. The minimum absolute atomic E-state index is 0.0684. The highest BCUT2D eigenvalue weighted by molar-refractivity contribution is 7.94. The number of carbonyl (C=O) groups is 2. The Morgan fingerprint density at radius 3 is 2.48 bits per heavy atom. The molecule has 140 valence electrons. The van der Waals surface area contributed by atoms with Crippen molar-refractivity contribution in [2.24, 2.45) is 5.73 Å². The molecule has 0 atom stereocenters. The maximum absolute atomic E-state index is 12.4. The molecule has 0 aliphatic rings. The number of aryl methyl sites for hydroxylation is 1. The Morgan fingerprint density at radius 2 is 1.89 bits per heavy atom. The smallest absolute Gasteiger partial charge is 0.271 e. The highest BCUT2D eigenvalue weighted by Gasteiger charge is 2.19. The van der Waals surface area contributed by atoms with Crippen LogP contribution < -0.4 is 15.8 Å². The molecule has 0 unspecified atom stereocenters. The van der Waals surface area contributed by atoms with Crippen molar-refractivity contribution in [3.63, 3.8) is 0 Å². The normalized spacial score (nSPS) is 11.1. The fourth-order valence-electron chi connectivity index (χ4n) is 2.26. The van der Waals surface area contributed by atoms with Gasteiger partial charge < -0.3 is 11.1 Å². The van der Waals surface area contributed by atoms with Crippen molar-refractivity contribution in [1.82, 2.24) is 10.2 Å². The summed E-state index contributed by atoms with van der Waals surface area (Å²) in [7, 11) is -3.66. The first-order valence-corrected chi connectivity index (χ1v) is 9.97. The third kappa shape index (κ3) is 3.99. The lowest BCUT2D eigenvalue weighted by atomic mass is 10.2. The number of hydrogen-bond acceptors (Lipinski definition) is 6. The molecule has 3 aromatic rings. The molecule has 0 spiro atoms. The Balaban J connectivity index is 1.75. The summed E-state index contributed by atoms with van der Waals surface area (Å²) >= 11 is 1.10. The number of thiophene rings is 1. The van der Waals surface area contributed by atoms with Crippen molar-refractivity contribution in [2.75, 3.05) is 10.0 Å². The van der Waals surface area contributed by atoms with E-state index in [-0.39, 0.29) is 21.2 Å². The lowest BCUT2D eigenvalue weighted by molar-refractivity contribution is 0.0996. The standard InChI is InChI=1S/C16H15N5O4S2/c1-9-13(14(15(17)22)20-19-9)18-16(23)10-4-6-11(7-5-10)21-27(24,25)12-3-2-8-26-12/h2-8,21H,1H3,(H2,17,22)(H,18,23)(H,19,20). The predicted molar refractivity (Wildman–Crippen MR) is 101 cm³/mol. The maximum atomic E-state index is 12.4. The number of anilines is 2. The number of rotatable bonds is 6. The Bertz CT molecular complexity index is 1090. The number of aromatic nitrogens is 2. The fraction of sp³-hybridized carbons (Fsp3) is 0.0625. The van der Waals surface area contributed by atoms with Gasteiger partial charge in [0.25, 0.3) is 21.8 Å². The first-order valence-electron chi connectivity index (χ1n) is 7.60. The van der Waals surface area contributed by atoms with Crippen molar-refractivity contribution >= 4 is 44.5 Å². The molecule has 2 heterocycles. The van der Waals surface area contributed by atoms with Crippen molar-refractivity contribution in [1.29, 1.82) is 0 Å². The quantitative estimate of drug-likeness (QED) is 0.495. The molecular formula is C16H15N5O4S2. The zero-order valence-electron chi connectivity index (χ0n) is 14.0. The van der Waals surface area contributed by atoms with Crippen LogP contribution in [0.15, 0.2) is 46.0 Å². The molecule has 5 N–H and O–H groups in total. The van der Waals surface area contributed by atoms with E-state index in [1.807, 2.05) is 0 Å². The SMILES string of the molecule is Cc1[nH]nc(C(N)=O)c1NC(=O)c1ccc(NS(=O)(=O)c2cccs2)cc1. The Hall–Kier alpha value is -3.18. The first kappa shape index (κ1) is 18.6. The molecule has 0 aliphatic heterocycles. The Morgan fingerprint density at radius 1 is 1.19 bits per heavy atom. The van der Waals surface area contributed by atoms with Crippen LogP contribution in [0.3, 0.4) is 0 Å². The monoisotopic (exact) mass is 405 g/mol. The molecule has 0 saturated carbocycles. The maximum Gasteiger partial charge on any atom is 0.271 e. The Labute approximate surface area is 158 Å². The fourth-order valence-corrected chi connectivity index (χ4v) is 4.31. The van der Waals surface area contributed by atoms with Crippen LogP contribution in [0.5, 0.6) is 0 Å². The van der Waals surface area contributed by atoms with Gasteiger partial charge in [-0.1, -0.05) is 6.07 Å². The summed E-state index contributed by atoms with van der Waals surface area (Å²) in [6, 6.07) is 9.00. The van der Waals surface area contributed by atoms with E-state index in [4.69, 9.17) is 5.73 Å². The number of nitrogens with one attached hydrogen (secondary N) is 3. The molecule has 3 rings (SSSR count). The van der Waals surface area contributed by atoms with E-state index in [1.165, 1.54) is 30.3 Å². The lowest BCUT2D eigenvalue weighted by Crippen LogP contribution is -2.18. The summed E-state index contributed by atoms with van der Waals surface area (Å²) in [5.41, 5.74) is 6.43. The van der Waals surface area contributed by atoms with Crippen LogP contribution in [0.4, 0.5) is 11.4 Å². The summed E-state index contributed by atoms with van der Waals surface area (Å²) in [4.78, 5) is 23.7. The zero-order valence-corrected chi connectivity index (χ0v) is 15.6. The van der Waals surface area contributed by atoms with Crippen LogP contribution in [-0.4, -0.2) is 30.4 Å². The topological polar surface area (TPSA) is 147 Å². The minimum atomic E-state index is -3.66. The number of H-pyrrole nitrogens is 1. The van der Waals surface area contributed by atoms with Crippen LogP contribution in [-0.2, 0) is 10.0 Å². The number of amides is 2. The number of benzene rings is 1. The third-order valence-corrected chi connectivity index (χ3v) is 6.36. The number of carbonyl (C=O) groups excluding carboxylic acids is 2. The van der Waals surface area contributed by atoms with Crippen LogP contribution in [0.2, 0.25) is 0 Å². The summed E-state index contributed by atoms with van der Waals surface area (Å²) in [5.74, 6) is -1.26. The number of aromatic amines is 1. The second-order valence-electron chi connectivity index (χ2n) is 5.51. The van der Waals surface area contributed by atoms with Crippen LogP contribution >= 0.6 is 11.3 Å². The van der Waals surface area contributed by atoms with Crippen LogP contribution in [0.1, 0.15) is 26.5 Å². The van der Waals surface area contributed by atoms with E-state index < -0.39 is 21.8 Å². The van der Waals surface area contributed by atoms with E-state index in [9.17, 15) is 18.0 Å². The molecule has 11 heteroatoms. The summed E-state index contributed by atoms with van der Waals surface area (Å²) < 4.78 is 27.0. The summed E-state index contributed by atoms with van der Waals surface area (Å²) in [5, 5.41) is 10.6. The van der Waals surface area contributed by atoms with Gasteiger partial charge in [0, 0.05) is 11.3 Å². The van der Waals surface area contributed by atoms with Gasteiger partial charge in [0.05, 0.1) is 11.4 Å². The van der Waals surface area contributed by atoms with E-state index in [1.54, 1.807) is 18.4 Å². The van der Waals surface area contributed by atoms with Gasteiger partial charge in [-0.25, -0.2) is 8.42 Å². The van der Waals surface area contributed by atoms with Crippen molar-refractivity contribution in [2.45, 2.75) is 11.1 Å². The molecule has 0 bridgehead atoms. The van der Waals surface area contributed by atoms with Crippen LogP contribution in [0, 0.1) is 6.92 Å². The van der Waals surface area contributed by atoms with Gasteiger partial charge in [-0.05, 0) is 42.6 Å². The van der Waals surface area contributed by atoms with E-state index in [0.717, 1.165) is 11.3 Å². The van der Waals surface area contributed by atoms with Gasteiger partial charge in [-0.3, -0.25) is 19.4 Å². The highest BCUT2D eigenvalue weighted by atomic mass is 32.2. The molecule has 27 heavy (non-hydrogen) atoms. The summed E-state index contributed by atoms with van der Waals surface area (Å²) in [6.07, 6.45) is 0. The molecule has 0 aliphatic carbocycles. The van der Waals surface area contributed by atoms with Gasteiger partial charge in [0.1, 0.15) is 4.21 Å².